The summed E-state index contributed by atoms with van der Waals surface area (Å²) in [5.41, 5.74) is 0.834. The zero-order chi connectivity index (χ0) is 12.3. The molecular weight excluding hydrogens is 214 g/mol. The largest absolute Gasteiger partial charge is 0.321 e. The number of benzene rings is 1. The number of nitrogens with one attached hydrogen (secondary N) is 2. The highest BCUT2D eigenvalue weighted by molar-refractivity contribution is 5.89. The minimum absolute atomic E-state index is 0.00766. The zero-order valence-electron chi connectivity index (χ0n) is 10.4. The van der Waals surface area contributed by atoms with Crippen LogP contribution in [-0.4, -0.2) is 36.1 Å². The van der Waals surface area contributed by atoms with Crippen molar-refractivity contribution in [3.8, 4) is 0 Å². The molecule has 0 atom stereocenters. The van der Waals surface area contributed by atoms with E-state index in [0.29, 0.717) is 0 Å². The Bertz CT molecular complexity index is 389. The summed E-state index contributed by atoms with van der Waals surface area (Å²) in [6.45, 7) is 6.53. The number of hydrogen-bond acceptors (Lipinski definition) is 2. The van der Waals surface area contributed by atoms with Crippen LogP contribution in [0.15, 0.2) is 30.3 Å². The second-order valence-corrected chi connectivity index (χ2v) is 5.03. The van der Waals surface area contributed by atoms with Crippen molar-refractivity contribution in [1.29, 1.82) is 0 Å². The average molecular weight is 233 g/mol. The second-order valence-electron chi connectivity index (χ2n) is 5.03. The van der Waals surface area contributed by atoms with Crippen LogP contribution in [0.1, 0.15) is 13.8 Å². The van der Waals surface area contributed by atoms with Crippen molar-refractivity contribution in [3.63, 3.8) is 0 Å². The molecule has 0 aromatic heterocycles. The van der Waals surface area contributed by atoms with E-state index in [1.54, 1.807) is 0 Å². The van der Waals surface area contributed by atoms with Crippen molar-refractivity contribution < 1.29 is 4.79 Å². The fourth-order valence-corrected chi connectivity index (χ4v) is 2.04. The summed E-state index contributed by atoms with van der Waals surface area (Å²) in [4.78, 5) is 13.9. The highest BCUT2D eigenvalue weighted by Crippen LogP contribution is 2.12. The molecule has 0 aliphatic carbocycles. The van der Waals surface area contributed by atoms with Crippen LogP contribution in [-0.2, 0) is 0 Å². The van der Waals surface area contributed by atoms with Crippen molar-refractivity contribution in [1.82, 2.24) is 10.2 Å². The van der Waals surface area contributed by atoms with E-state index in [9.17, 15) is 4.79 Å². The lowest BCUT2D eigenvalue weighted by molar-refractivity contribution is 0.165. The van der Waals surface area contributed by atoms with Gasteiger partial charge in [0.05, 0.1) is 0 Å². The lowest BCUT2D eigenvalue weighted by atomic mass is 10.0. The Labute approximate surface area is 102 Å². The minimum Gasteiger partial charge on any atom is -0.321 e. The summed E-state index contributed by atoms with van der Waals surface area (Å²) in [6, 6.07) is 9.53. The van der Waals surface area contributed by atoms with Crippen molar-refractivity contribution in [3.05, 3.63) is 30.3 Å². The van der Waals surface area contributed by atoms with E-state index >= 15 is 0 Å². The molecule has 1 fully saturated rings. The topological polar surface area (TPSA) is 44.4 Å². The molecule has 0 radical (unpaired) electrons. The Hall–Kier alpha value is -1.55. The molecule has 92 valence electrons. The van der Waals surface area contributed by atoms with Gasteiger partial charge in [-0.3, -0.25) is 0 Å². The molecule has 1 heterocycles. The Morgan fingerprint density at radius 3 is 2.71 bits per heavy atom. The van der Waals surface area contributed by atoms with Crippen molar-refractivity contribution >= 4 is 11.7 Å². The first kappa shape index (κ1) is 11.9. The Kier molecular flexibility index (Phi) is 3.33. The van der Waals surface area contributed by atoms with Crippen LogP contribution in [0.25, 0.3) is 0 Å². The maximum Gasteiger partial charge on any atom is 0.321 e. The molecule has 0 spiro atoms. The second kappa shape index (κ2) is 4.75. The SMILES string of the molecule is CC1(C)CN(C(=O)Nc2ccccc2)CCN1. The van der Waals surface area contributed by atoms with Gasteiger partial charge in [0, 0.05) is 30.9 Å². The van der Waals surface area contributed by atoms with Crippen LogP contribution in [0.3, 0.4) is 0 Å². The Balaban J connectivity index is 1.96. The molecule has 17 heavy (non-hydrogen) atoms. The monoisotopic (exact) mass is 233 g/mol. The van der Waals surface area contributed by atoms with Gasteiger partial charge in [-0.2, -0.15) is 0 Å². The average Bonchev–Trinajstić information content (AvgIpc) is 2.29. The third kappa shape index (κ3) is 3.20. The number of carbonyl (C=O) groups is 1. The molecule has 2 rings (SSSR count). The highest BCUT2D eigenvalue weighted by Gasteiger charge is 2.28. The summed E-state index contributed by atoms with van der Waals surface area (Å²) in [6.07, 6.45) is 0. The third-order valence-electron chi connectivity index (χ3n) is 2.88. The molecule has 4 heteroatoms. The number of rotatable bonds is 1. The number of amides is 2. The fraction of sp³-hybridized carbons (Fsp3) is 0.462. The van der Waals surface area contributed by atoms with Crippen molar-refractivity contribution in [2.24, 2.45) is 0 Å². The van der Waals surface area contributed by atoms with Crippen LogP contribution in [0.5, 0.6) is 0 Å². The van der Waals surface area contributed by atoms with E-state index < -0.39 is 0 Å². The van der Waals surface area contributed by atoms with Gasteiger partial charge >= 0.3 is 6.03 Å². The van der Waals surface area contributed by atoms with Gasteiger partial charge in [0.25, 0.3) is 0 Å². The van der Waals surface area contributed by atoms with E-state index in [-0.39, 0.29) is 11.6 Å². The molecular formula is C13H19N3O. The van der Waals surface area contributed by atoms with Gasteiger partial charge in [-0.25, -0.2) is 4.79 Å². The predicted molar refractivity (Wildman–Crippen MR) is 69.1 cm³/mol. The number of hydrogen-bond donors (Lipinski definition) is 2. The summed E-state index contributed by atoms with van der Waals surface area (Å²) in [7, 11) is 0. The molecule has 2 amide bonds. The van der Waals surface area contributed by atoms with Gasteiger partial charge in [0.1, 0.15) is 0 Å². The van der Waals surface area contributed by atoms with Crippen LogP contribution in [0, 0.1) is 0 Å². The maximum absolute atomic E-state index is 12.0. The molecule has 2 N–H and O–H groups in total. The van der Waals surface area contributed by atoms with Gasteiger partial charge in [0.15, 0.2) is 0 Å². The first-order valence-corrected chi connectivity index (χ1v) is 5.93. The number of anilines is 1. The number of urea groups is 1. The number of para-hydroxylation sites is 1. The summed E-state index contributed by atoms with van der Waals surface area (Å²) < 4.78 is 0. The van der Waals surface area contributed by atoms with Crippen LogP contribution in [0.2, 0.25) is 0 Å². The molecule has 1 aromatic rings. The summed E-state index contributed by atoms with van der Waals surface area (Å²) in [5.74, 6) is 0. The van der Waals surface area contributed by atoms with Gasteiger partial charge in [-0.05, 0) is 26.0 Å². The normalized spacial score (nSPS) is 18.8. The van der Waals surface area contributed by atoms with Gasteiger partial charge < -0.3 is 15.5 Å². The standard InChI is InChI=1S/C13H19N3O/c1-13(2)10-16(9-8-14-13)12(17)15-11-6-4-3-5-7-11/h3-7,14H,8-10H2,1-2H3,(H,15,17). The third-order valence-corrected chi connectivity index (χ3v) is 2.88. The smallest absolute Gasteiger partial charge is 0.321 e. The molecule has 4 nitrogen and oxygen atoms in total. The Morgan fingerprint density at radius 2 is 2.06 bits per heavy atom. The highest BCUT2D eigenvalue weighted by atomic mass is 16.2. The maximum atomic E-state index is 12.0. The molecule has 1 aliphatic heterocycles. The summed E-state index contributed by atoms with van der Waals surface area (Å²) >= 11 is 0. The minimum atomic E-state index is -0.0224. The van der Waals surface area contributed by atoms with Crippen molar-refractivity contribution in [2.45, 2.75) is 19.4 Å². The zero-order valence-corrected chi connectivity index (χ0v) is 10.4. The van der Waals surface area contributed by atoms with E-state index in [1.165, 1.54) is 0 Å². The molecule has 1 saturated heterocycles. The quantitative estimate of drug-likeness (QED) is 0.778. The van der Waals surface area contributed by atoms with Gasteiger partial charge in [-0.1, -0.05) is 18.2 Å². The fourth-order valence-electron chi connectivity index (χ4n) is 2.04. The first-order valence-electron chi connectivity index (χ1n) is 5.93. The number of carbonyl (C=O) groups excluding carboxylic acids is 1. The molecule has 0 bridgehead atoms. The van der Waals surface area contributed by atoms with E-state index in [0.717, 1.165) is 25.3 Å². The van der Waals surface area contributed by atoms with E-state index in [2.05, 4.69) is 24.5 Å². The van der Waals surface area contributed by atoms with Crippen LogP contribution in [0.4, 0.5) is 10.5 Å². The Morgan fingerprint density at radius 1 is 1.35 bits per heavy atom. The van der Waals surface area contributed by atoms with Crippen LogP contribution < -0.4 is 10.6 Å². The van der Waals surface area contributed by atoms with Crippen LogP contribution >= 0.6 is 0 Å². The van der Waals surface area contributed by atoms with Gasteiger partial charge in [0.2, 0.25) is 0 Å². The first-order chi connectivity index (χ1) is 8.07. The summed E-state index contributed by atoms with van der Waals surface area (Å²) in [5, 5.41) is 6.29. The van der Waals surface area contributed by atoms with E-state index in [4.69, 9.17) is 0 Å². The lowest BCUT2D eigenvalue weighted by Gasteiger charge is -2.39. The van der Waals surface area contributed by atoms with Gasteiger partial charge in [-0.15, -0.1) is 0 Å². The van der Waals surface area contributed by atoms with E-state index in [1.807, 2.05) is 35.2 Å². The molecule has 1 aromatic carbocycles. The molecule has 0 saturated carbocycles. The molecule has 0 unspecified atom stereocenters. The van der Waals surface area contributed by atoms with Crippen molar-refractivity contribution in [2.75, 3.05) is 25.0 Å². The predicted octanol–water partition coefficient (Wildman–Crippen LogP) is 1.90. The lowest BCUT2D eigenvalue weighted by Crippen LogP contribution is -2.59. The number of nitrogens with zero attached hydrogens (tertiary/aromatic N) is 1. The number of piperazine rings is 1. The molecule has 1 aliphatic rings.